The van der Waals surface area contributed by atoms with Gasteiger partial charge in [-0.2, -0.15) is 0 Å². The van der Waals surface area contributed by atoms with Gasteiger partial charge in [0.05, 0.1) is 18.0 Å². The van der Waals surface area contributed by atoms with Gasteiger partial charge in [-0.25, -0.2) is 0 Å². The fraction of sp³-hybridized carbons (Fsp3) is 0.688. The third kappa shape index (κ3) is 4.76. The van der Waals surface area contributed by atoms with Gasteiger partial charge in [0, 0.05) is 6.54 Å². The van der Waals surface area contributed by atoms with E-state index in [-0.39, 0.29) is 12.2 Å². The molecule has 0 aromatic carbocycles. The number of aliphatic hydroxyl groups is 1. The van der Waals surface area contributed by atoms with Crippen molar-refractivity contribution in [3.05, 3.63) is 24.0 Å². The van der Waals surface area contributed by atoms with Gasteiger partial charge in [0.2, 0.25) is 0 Å². The third-order valence-corrected chi connectivity index (χ3v) is 3.74. The van der Waals surface area contributed by atoms with Crippen molar-refractivity contribution in [2.45, 2.75) is 64.2 Å². The highest BCUT2D eigenvalue weighted by atomic mass is 16.5. The molecule has 1 fully saturated rings. The van der Waals surface area contributed by atoms with Crippen LogP contribution in [0.5, 0.6) is 5.75 Å². The second kappa shape index (κ2) is 8.22. The Morgan fingerprint density at radius 3 is 2.90 bits per heavy atom. The normalized spacial score (nSPS) is 23.3. The maximum absolute atomic E-state index is 10.1. The van der Waals surface area contributed by atoms with Crippen LogP contribution in [-0.4, -0.2) is 28.8 Å². The molecule has 1 aromatic heterocycles. The van der Waals surface area contributed by atoms with E-state index >= 15 is 0 Å². The van der Waals surface area contributed by atoms with Gasteiger partial charge >= 0.3 is 0 Å². The Labute approximate surface area is 121 Å². The van der Waals surface area contributed by atoms with E-state index in [2.05, 4.69) is 17.2 Å². The number of ether oxygens (including phenoxy) is 1. The summed E-state index contributed by atoms with van der Waals surface area (Å²) in [6.07, 6.45) is 7.67. The summed E-state index contributed by atoms with van der Waals surface area (Å²) in [4.78, 5) is 4.40. The van der Waals surface area contributed by atoms with Crippen LogP contribution < -0.4 is 10.1 Å². The molecule has 0 aliphatic heterocycles. The van der Waals surface area contributed by atoms with Crippen molar-refractivity contribution >= 4 is 0 Å². The van der Waals surface area contributed by atoms with Crippen LogP contribution in [0.15, 0.2) is 18.3 Å². The van der Waals surface area contributed by atoms with E-state index in [1.54, 1.807) is 6.20 Å². The van der Waals surface area contributed by atoms with E-state index in [0.29, 0.717) is 0 Å². The Bertz CT molecular complexity index is 381. The maximum atomic E-state index is 10.1. The van der Waals surface area contributed by atoms with Crippen LogP contribution in [0.2, 0.25) is 0 Å². The first-order valence-electron chi connectivity index (χ1n) is 7.80. The summed E-state index contributed by atoms with van der Waals surface area (Å²) in [6, 6.07) is 3.94. The SMILES string of the molecule is CCCNCc1ccc(OC2CCCCCC2O)cn1. The summed E-state index contributed by atoms with van der Waals surface area (Å²) in [5.41, 5.74) is 1.02. The molecule has 4 heteroatoms. The molecule has 20 heavy (non-hydrogen) atoms. The number of hydrogen-bond donors (Lipinski definition) is 2. The highest BCUT2D eigenvalue weighted by Crippen LogP contribution is 2.23. The molecule has 2 N–H and O–H groups in total. The Morgan fingerprint density at radius 1 is 1.30 bits per heavy atom. The lowest BCUT2D eigenvalue weighted by molar-refractivity contribution is 0.0317. The summed E-state index contributed by atoms with van der Waals surface area (Å²) in [5.74, 6) is 0.759. The van der Waals surface area contributed by atoms with Crippen molar-refractivity contribution < 1.29 is 9.84 Å². The minimum atomic E-state index is -0.344. The van der Waals surface area contributed by atoms with Gasteiger partial charge in [-0.1, -0.05) is 19.8 Å². The molecule has 0 spiro atoms. The Hall–Kier alpha value is -1.13. The predicted molar refractivity (Wildman–Crippen MR) is 79.7 cm³/mol. The molecule has 2 unspecified atom stereocenters. The second-order valence-corrected chi connectivity index (χ2v) is 5.52. The van der Waals surface area contributed by atoms with E-state index in [9.17, 15) is 5.11 Å². The standard InChI is InChI=1S/C16H26N2O2/c1-2-10-17-11-13-8-9-14(12-18-13)20-16-7-5-3-4-6-15(16)19/h8-9,12,15-17,19H,2-7,10-11H2,1H3. The molecule has 1 aliphatic rings. The molecular weight excluding hydrogens is 252 g/mol. The molecule has 4 nitrogen and oxygen atoms in total. The summed E-state index contributed by atoms with van der Waals surface area (Å²) in [7, 11) is 0. The summed E-state index contributed by atoms with van der Waals surface area (Å²) < 4.78 is 5.90. The number of aliphatic hydroxyl groups excluding tert-OH is 1. The topological polar surface area (TPSA) is 54.4 Å². The number of rotatable bonds is 6. The number of nitrogens with one attached hydrogen (secondary N) is 1. The van der Waals surface area contributed by atoms with Gasteiger partial charge in [-0.05, 0) is 44.4 Å². The molecule has 0 radical (unpaired) electrons. The van der Waals surface area contributed by atoms with Crippen molar-refractivity contribution in [1.82, 2.24) is 10.3 Å². The number of nitrogens with zero attached hydrogens (tertiary/aromatic N) is 1. The predicted octanol–water partition coefficient (Wildman–Crippen LogP) is 2.65. The van der Waals surface area contributed by atoms with E-state index < -0.39 is 0 Å². The van der Waals surface area contributed by atoms with Crippen LogP contribution in [0.1, 0.15) is 51.1 Å². The fourth-order valence-electron chi connectivity index (χ4n) is 2.54. The maximum Gasteiger partial charge on any atom is 0.138 e. The van der Waals surface area contributed by atoms with Crippen molar-refractivity contribution in [3.63, 3.8) is 0 Å². The van der Waals surface area contributed by atoms with Crippen LogP contribution >= 0.6 is 0 Å². The fourth-order valence-corrected chi connectivity index (χ4v) is 2.54. The molecule has 0 saturated heterocycles. The first-order chi connectivity index (χ1) is 9.79. The minimum Gasteiger partial charge on any atom is -0.486 e. The molecule has 2 atom stereocenters. The highest BCUT2D eigenvalue weighted by molar-refractivity contribution is 5.20. The lowest BCUT2D eigenvalue weighted by atomic mass is 10.1. The zero-order valence-corrected chi connectivity index (χ0v) is 12.3. The zero-order chi connectivity index (χ0) is 14.2. The molecule has 1 aliphatic carbocycles. The first kappa shape index (κ1) is 15.3. The number of aromatic nitrogens is 1. The lowest BCUT2D eigenvalue weighted by Gasteiger charge is -2.21. The van der Waals surface area contributed by atoms with Gasteiger partial charge in [-0.3, -0.25) is 4.98 Å². The number of hydrogen-bond acceptors (Lipinski definition) is 4. The molecule has 1 heterocycles. The monoisotopic (exact) mass is 278 g/mol. The van der Waals surface area contributed by atoms with Crippen LogP contribution in [0, 0.1) is 0 Å². The van der Waals surface area contributed by atoms with Gasteiger partial charge in [0.25, 0.3) is 0 Å². The van der Waals surface area contributed by atoms with Crippen molar-refractivity contribution in [2.24, 2.45) is 0 Å². The zero-order valence-electron chi connectivity index (χ0n) is 12.3. The second-order valence-electron chi connectivity index (χ2n) is 5.52. The van der Waals surface area contributed by atoms with Crippen molar-refractivity contribution in [2.75, 3.05) is 6.54 Å². The molecule has 112 valence electrons. The van der Waals surface area contributed by atoms with Gasteiger partial charge in [-0.15, -0.1) is 0 Å². The van der Waals surface area contributed by atoms with E-state index in [4.69, 9.17) is 4.74 Å². The van der Waals surface area contributed by atoms with Crippen LogP contribution in [0.25, 0.3) is 0 Å². The summed E-state index contributed by atoms with van der Waals surface area (Å²) in [6.45, 7) is 3.95. The van der Waals surface area contributed by atoms with Crippen LogP contribution in [-0.2, 0) is 6.54 Å². The molecule has 0 bridgehead atoms. The van der Waals surface area contributed by atoms with Gasteiger partial charge in [0.15, 0.2) is 0 Å². The lowest BCUT2D eigenvalue weighted by Crippen LogP contribution is -2.30. The van der Waals surface area contributed by atoms with E-state index in [1.165, 1.54) is 6.42 Å². The van der Waals surface area contributed by atoms with Gasteiger partial charge < -0.3 is 15.2 Å². The summed E-state index contributed by atoms with van der Waals surface area (Å²) >= 11 is 0. The first-order valence-corrected chi connectivity index (χ1v) is 7.80. The molecule has 1 aromatic rings. The Balaban J connectivity index is 1.86. The average molecular weight is 278 g/mol. The van der Waals surface area contributed by atoms with Gasteiger partial charge in [0.1, 0.15) is 11.9 Å². The van der Waals surface area contributed by atoms with Crippen molar-refractivity contribution in [3.8, 4) is 5.75 Å². The third-order valence-electron chi connectivity index (χ3n) is 3.74. The average Bonchev–Trinajstić information content (AvgIpc) is 2.66. The minimum absolute atomic E-state index is 0.0802. The molecular formula is C16H26N2O2. The quantitative estimate of drug-likeness (QED) is 0.620. The Morgan fingerprint density at radius 2 is 2.15 bits per heavy atom. The highest BCUT2D eigenvalue weighted by Gasteiger charge is 2.23. The largest absolute Gasteiger partial charge is 0.486 e. The van der Waals surface area contributed by atoms with Crippen LogP contribution in [0.3, 0.4) is 0 Å². The molecule has 2 rings (SSSR count). The molecule has 1 saturated carbocycles. The Kier molecular flexibility index (Phi) is 6.27. The molecule has 0 amide bonds. The van der Waals surface area contributed by atoms with E-state index in [1.807, 2.05) is 12.1 Å². The van der Waals surface area contributed by atoms with Crippen molar-refractivity contribution in [1.29, 1.82) is 0 Å². The van der Waals surface area contributed by atoms with Crippen LogP contribution in [0.4, 0.5) is 0 Å². The smallest absolute Gasteiger partial charge is 0.138 e. The summed E-state index contributed by atoms with van der Waals surface area (Å²) in [5, 5.41) is 13.4. The van der Waals surface area contributed by atoms with E-state index in [0.717, 1.165) is 56.6 Å². The number of pyridine rings is 1.